The van der Waals surface area contributed by atoms with Crippen molar-refractivity contribution in [1.29, 1.82) is 0 Å². The number of fused-ring (bicyclic) bond motifs is 1. The number of aromatic nitrogens is 2. The molecule has 3 aromatic rings. The van der Waals surface area contributed by atoms with Crippen LogP contribution in [0.25, 0.3) is 10.2 Å². The monoisotopic (exact) mass is 319 g/mol. The van der Waals surface area contributed by atoms with E-state index < -0.39 is 0 Å². The van der Waals surface area contributed by atoms with Gasteiger partial charge in [0.25, 0.3) is 0 Å². The molecule has 0 bridgehead atoms. The molecule has 5 nitrogen and oxygen atoms in total. The predicted molar refractivity (Wildman–Crippen MR) is 84.8 cm³/mol. The highest BCUT2D eigenvalue weighted by atomic mass is 32.2. The summed E-state index contributed by atoms with van der Waals surface area (Å²) in [7, 11) is 0. The molecule has 7 heteroatoms. The van der Waals surface area contributed by atoms with Gasteiger partial charge in [0.05, 0.1) is 15.5 Å². The van der Waals surface area contributed by atoms with Gasteiger partial charge < -0.3 is 9.84 Å². The third-order valence-electron chi connectivity index (χ3n) is 2.80. The molecule has 108 valence electrons. The molecule has 0 radical (unpaired) electrons. The van der Waals surface area contributed by atoms with Crippen LogP contribution < -0.4 is 5.32 Å². The maximum Gasteiger partial charge on any atom is 0.238 e. The van der Waals surface area contributed by atoms with E-state index in [4.69, 9.17) is 4.52 Å². The van der Waals surface area contributed by atoms with Gasteiger partial charge >= 0.3 is 0 Å². The first-order valence-corrected chi connectivity index (χ1v) is 8.08. The highest BCUT2D eigenvalue weighted by Gasteiger charge is 2.18. The van der Waals surface area contributed by atoms with E-state index in [1.807, 2.05) is 31.2 Å². The summed E-state index contributed by atoms with van der Waals surface area (Å²) in [6.07, 6.45) is 0. The number of thioether (sulfide) groups is 1. The Kier molecular flexibility index (Phi) is 3.94. The molecule has 0 spiro atoms. The first-order valence-electron chi connectivity index (χ1n) is 6.38. The van der Waals surface area contributed by atoms with Crippen molar-refractivity contribution >= 4 is 45.0 Å². The van der Waals surface area contributed by atoms with Crippen molar-refractivity contribution in [3.05, 3.63) is 36.1 Å². The second kappa shape index (κ2) is 5.87. The molecule has 1 N–H and O–H groups in total. The van der Waals surface area contributed by atoms with Gasteiger partial charge in [0.1, 0.15) is 5.76 Å². The van der Waals surface area contributed by atoms with Gasteiger partial charge in [-0.1, -0.05) is 29.1 Å². The van der Waals surface area contributed by atoms with Crippen LogP contribution in [0.5, 0.6) is 0 Å². The maximum absolute atomic E-state index is 12.1. The van der Waals surface area contributed by atoms with E-state index in [1.165, 1.54) is 11.8 Å². The highest BCUT2D eigenvalue weighted by molar-refractivity contribution is 8.02. The summed E-state index contributed by atoms with van der Waals surface area (Å²) in [6, 6.07) is 9.63. The minimum atomic E-state index is -0.262. The Hall–Kier alpha value is -1.86. The smallest absolute Gasteiger partial charge is 0.238 e. The summed E-state index contributed by atoms with van der Waals surface area (Å²) in [5.41, 5.74) is 0.963. The molecule has 2 aromatic heterocycles. The highest BCUT2D eigenvalue weighted by Crippen LogP contribution is 2.32. The van der Waals surface area contributed by atoms with Gasteiger partial charge in [-0.15, -0.1) is 11.3 Å². The second-order valence-corrected chi connectivity index (χ2v) is 7.14. The molecule has 0 fully saturated rings. The zero-order valence-electron chi connectivity index (χ0n) is 11.5. The van der Waals surface area contributed by atoms with Crippen molar-refractivity contribution in [3.8, 4) is 0 Å². The molecule has 0 unspecified atom stereocenters. The minimum Gasteiger partial charge on any atom is -0.360 e. The average molecular weight is 319 g/mol. The van der Waals surface area contributed by atoms with Crippen LogP contribution in [0.1, 0.15) is 12.7 Å². The summed E-state index contributed by atoms with van der Waals surface area (Å²) in [6.45, 7) is 3.63. The second-order valence-electron chi connectivity index (χ2n) is 4.52. The molecule has 0 saturated heterocycles. The lowest BCUT2D eigenvalue weighted by molar-refractivity contribution is -0.115. The predicted octanol–water partition coefficient (Wildman–Crippen LogP) is 3.71. The third-order valence-corrected chi connectivity index (χ3v) is 5.03. The fourth-order valence-electron chi connectivity index (χ4n) is 1.76. The summed E-state index contributed by atoms with van der Waals surface area (Å²) in [5.74, 6) is 0.985. The Morgan fingerprint density at radius 3 is 2.95 bits per heavy atom. The van der Waals surface area contributed by atoms with Gasteiger partial charge in [-0.3, -0.25) is 4.79 Å². The average Bonchev–Trinajstić information content (AvgIpc) is 3.04. The van der Waals surface area contributed by atoms with Crippen LogP contribution in [0.2, 0.25) is 0 Å². The Bertz CT molecular complexity index is 748. The normalized spacial score (nSPS) is 12.5. The van der Waals surface area contributed by atoms with Gasteiger partial charge in [-0.2, -0.15) is 0 Å². The number of nitrogens with zero attached hydrogens (tertiary/aromatic N) is 2. The molecule has 1 aromatic carbocycles. The zero-order valence-corrected chi connectivity index (χ0v) is 13.1. The van der Waals surface area contributed by atoms with E-state index in [0.29, 0.717) is 11.6 Å². The van der Waals surface area contributed by atoms with Crippen LogP contribution in [0, 0.1) is 6.92 Å². The summed E-state index contributed by atoms with van der Waals surface area (Å²) < 4.78 is 6.93. The Labute approximate surface area is 129 Å². The molecule has 1 amide bonds. The van der Waals surface area contributed by atoms with Crippen LogP contribution in [0.4, 0.5) is 5.82 Å². The number of nitrogens with one attached hydrogen (secondary N) is 1. The molecule has 0 aliphatic carbocycles. The van der Waals surface area contributed by atoms with Crippen molar-refractivity contribution in [2.75, 3.05) is 5.32 Å². The molecule has 2 heterocycles. The summed E-state index contributed by atoms with van der Waals surface area (Å²) in [4.78, 5) is 16.6. The van der Waals surface area contributed by atoms with E-state index in [1.54, 1.807) is 24.3 Å². The summed E-state index contributed by atoms with van der Waals surface area (Å²) >= 11 is 3.03. The quantitative estimate of drug-likeness (QED) is 0.742. The van der Waals surface area contributed by atoms with Crippen molar-refractivity contribution in [2.24, 2.45) is 0 Å². The van der Waals surface area contributed by atoms with Gasteiger partial charge in [0.15, 0.2) is 10.2 Å². The van der Waals surface area contributed by atoms with E-state index in [2.05, 4.69) is 15.5 Å². The number of carbonyl (C=O) groups is 1. The SMILES string of the molecule is Cc1cc(NC(=O)[C@@H](C)Sc2nc3ccccc3s2)no1. The van der Waals surface area contributed by atoms with Crippen LogP contribution in [-0.2, 0) is 4.79 Å². The maximum atomic E-state index is 12.1. The fourth-order valence-corrected chi connectivity index (χ4v) is 3.97. The van der Waals surface area contributed by atoms with Crippen molar-refractivity contribution < 1.29 is 9.32 Å². The molecule has 0 saturated carbocycles. The third kappa shape index (κ3) is 3.25. The molecular formula is C14H13N3O2S2. The Balaban J connectivity index is 1.67. The number of aryl methyl sites for hydroxylation is 1. The Morgan fingerprint density at radius 2 is 2.24 bits per heavy atom. The zero-order chi connectivity index (χ0) is 14.8. The minimum absolute atomic E-state index is 0.118. The number of hydrogen-bond acceptors (Lipinski definition) is 6. The van der Waals surface area contributed by atoms with Gasteiger partial charge in [0, 0.05) is 6.07 Å². The van der Waals surface area contributed by atoms with E-state index in [0.717, 1.165) is 14.6 Å². The molecule has 1 atom stereocenters. The van der Waals surface area contributed by atoms with E-state index in [-0.39, 0.29) is 11.2 Å². The number of anilines is 1. The van der Waals surface area contributed by atoms with Crippen LogP contribution in [-0.4, -0.2) is 21.3 Å². The summed E-state index contributed by atoms with van der Waals surface area (Å²) in [5, 5.41) is 6.22. The van der Waals surface area contributed by atoms with Crippen molar-refractivity contribution in [2.45, 2.75) is 23.4 Å². The first kappa shape index (κ1) is 14.1. The molecule has 3 rings (SSSR count). The van der Waals surface area contributed by atoms with E-state index in [9.17, 15) is 4.79 Å². The number of benzene rings is 1. The lowest BCUT2D eigenvalue weighted by Crippen LogP contribution is -2.22. The lowest BCUT2D eigenvalue weighted by atomic mass is 10.3. The number of thiazole rings is 1. The fraction of sp³-hybridized carbons (Fsp3) is 0.214. The van der Waals surface area contributed by atoms with Crippen molar-refractivity contribution in [3.63, 3.8) is 0 Å². The largest absolute Gasteiger partial charge is 0.360 e. The number of amides is 1. The molecule has 0 aliphatic rings. The van der Waals surface area contributed by atoms with Gasteiger partial charge in [0.2, 0.25) is 5.91 Å². The standard InChI is InChI=1S/C14H13N3O2S2/c1-8-7-12(17-19-8)16-13(18)9(2)20-14-15-10-5-3-4-6-11(10)21-14/h3-7,9H,1-2H3,(H,16,17,18)/t9-/m1/s1. The van der Waals surface area contributed by atoms with Crippen molar-refractivity contribution in [1.82, 2.24) is 10.1 Å². The van der Waals surface area contributed by atoms with Crippen LogP contribution in [0.3, 0.4) is 0 Å². The van der Waals surface area contributed by atoms with Crippen LogP contribution >= 0.6 is 23.1 Å². The topological polar surface area (TPSA) is 68.0 Å². The van der Waals surface area contributed by atoms with Gasteiger partial charge in [-0.05, 0) is 26.0 Å². The number of hydrogen-bond donors (Lipinski definition) is 1. The van der Waals surface area contributed by atoms with E-state index >= 15 is 0 Å². The Morgan fingerprint density at radius 1 is 1.43 bits per heavy atom. The van der Waals surface area contributed by atoms with Gasteiger partial charge in [-0.25, -0.2) is 4.98 Å². The molecule has 21 heavy (non-hydrogen) atoms. The first-order chi connectivity index (χ1) is 10.1. The van der Waals surface area contributed by atoms with Crippen LogP contribution in [0.15, 0.2) is 39.2 Å². The number of carbonyl (C=O) groups excluding carboxylic acids is 1. The number of para-hydroxylation sites is 1. The number of rotatable bonds is 4. The lowest BCUT2D eigenvalue weighted by Gasteiger charge is -2.07. The molecular weight excluding hydrogens is 306 g/mol. The molecule has 0 aliphatic heterocycles.